The second kappa shape index (κ2) is 9.87. The number of benzene rings is 2. The summed E-state index contributed by atoms with van der Waals surface area (Å²) < 4.78 is 12.0. The van der Waals surface area contributed by atoms with E-state index in [4.69, 9.17) is 9.47 Å². The summed E-state index contributed by atoms with van der Waals surface area (Å²) >= 11 is 0. The molecule has 0 bridgehead atoms. The van der Waals surface area contributed by atoms with E-state index in [0.29, 0.717) is 41.5 Å². The minimum Gasteiger partial charge on any atom is -0.497 e. The Morgan fingerprint density at radius 2 is 1.91 bits per heavy atom. The molecule has 0 aliphatic carbocycles. The summed E-state index contributed by atoms with van der Waals surface area (Å²) in [5, 5.41) is 2.81. The third kappa shape index (κ3) is 5.06. The minimum absolute atomic E-state index is 0.117. The lowest BCUT2D eigenvalue weighted by molar-refractivity contribution is -0.116. The lowest BCUT2D eigenvalue weighted by Crippen LogP contribution is -2.39. The van der Waals surface area contributed by atoms with Crippen molar-refractivity contribution in [2.45, 2.75) is 33.0 Å². The van der Waals surface area contributed by atoms with Gasteiger partial charge in [0.1, 0.15) is 23.9 Å². The lowest BCUT2D eigenvalue weighted by Gasteiger charge is -2.28. The highest BCUT2D eigenvalue weighted by Crippen LogP contribution is 2.29. The number of rotatable bonds is 7. The van der Waals surface area contributed by atoms with Crippen molar-refractivity contribution in [3.63, 3.8) is 0 Å². The van der Waals surface area contributed by atoms with Gasteiger partial charge in [0.15, 0.2) is 0 Å². The Balaban J connectivity index is 1.49. The molecule has 0 fully saturated rings. The number of aryl methyl sites for hydroxylation is 1. The molecule has 8 nitrogen and oxygen atoms in total. The van der Waals surface area contributed by atoms with E-state index in [1.807, 2.05) is 18.2 Å². The van der Waals surface area contributed by atoms with Gasteiger partial charge >= 0.3 is 0 Å². The van der Waals surface area contributed by atoms with Crippen molar-refractivity contribution >= 4 is 11.6 Å². The summed E-state index contributed by atoms with van der Waals surface area (Å²) in [5.41, 5.74) is 3.09. The summed E-state index contributed by atoms with van der Waals surface area (Å²) in [6, 6.07) is 15.4. The van der Waals surface area contributed by atoms with Gasteiger partial charge in [-0.2, -0.15) is 0 Å². The van der Waals surface area contributed by atoms with Crippen LogP contribution in [-0.4, -0.2) is 41.1 Å². The summed E-state index contributed by atoms with van der Waals surface area (Å²) in [5.74, 6) is 1.30. The van der Waals surface area contributed by atoms with Gasteiger partial charge < -0.3 is 14.8 Å². The Hall–Kier alpha value is -3.65. The number of nitrogens with one attached hydrogen (secondary N) is 1. The van der Waals surface area contributed by atoms with Crippen molar-refractivity contribution in [3.05, 3.63) is 81.5 Å². The van der Waals surface area contributed by atoms with Crippen LogP contribution in [-0.2, 0) is 30.8 Å². The molecule has 2 heterocycles. The number of fused-ring (bicyclic) bond motifs is 1. The monoisotopic (exact) mass is 448 g/mol. The first-order chi connectivity index (χ1) is 16.0. The van der Waals surface area contributed by atoms with E-state index in [1.165, 1.54) is 17.2 Å². The van der Waals surface area contributed by atoms with Crippen LogP contribution < -0.4 is 20.3 Å². The molecule has 1 aromatic heterocycles. The number of carbonyl (C=O) groups excluding carboxylic acids is 1. The summed E-state index contributed by atoms with van der Waals surface area (Å²) in [6.45, 7) is 3.86. The zero-order valence-electron chi connectivity index (χ0n) is 19.1. The first-order valence-corrected chi connectivity index (χ1v) is 10.9. The molecule has 1 aliphatic rings. The van der Waals surface area contributed by atoms with E-state index < -0.39 is 0 Å². The van der Waals surface area contributed by atoms with Crippen LogP contribution in [0.15, 0.2) is 53.3 Å². The lowest BCUT2D eigenvalue weighted by atomic mass is 10.1. The average molecular weight is 449 g/mol. The largest absolute Gasteiger partial charge is 0.497 e. The SMILES string of the molecule is COc1ccc(NC(=O)Cn2c(C)nc3c(c2=O)CCN(Cc2ccccc2)C3)c(OC)c1. The predicted octanol–water partition coefficient (Wildman–Crippen LogP) is 2.77. The topological polar surface area (TPSA) is 85.7 Å². The molecule has 33 heavy (non-hydrogen) atoms. The molecule has 1 aliphatic heterocycles. The van der Waals surface area contributed by atoms with Crippen molar-refractivity contribution in [2.24, 2.45) is 0 Å². The zero-order chi connectivity index (χ0) is 23.4. The van der Waals surface area contributed by atoms with E-state index in [-0.39, 0.29) is 18.0 Å². The first kappa shape index (κ1) is 22.5. The highest BCUT2D eigenvalue weighted by molar-refractivity contribution is 5.92. The van der Waals surface area contributed by atoms with Crippen molar-refractivity contribution in [1.29, 1.82) is 0 Å². The standard InChI is InChI=1S/C25H28N4O4/c1-17-26-22-15-28(14-18-7-5-4-6-8-18)12-11-20(22)25(31)29(17)16-24(30)27-21-10-9-19(32-2)13-23(21)33-3/h4-10,13H,11-12,14-16H2,1-3H3,(H,27,30). The van der Waals surface area contributed by atoms with E-state index in [2.05, 4.69) is 27.3 Å². The minimum atomic E-state index is -0.327. The van der Waals surface area contributed by atoms with Gasteiger partial charge in [-0.15, -0.1) is 0 Å². The number of hydrogen-bond donors (Lipinski definition) is 1. The molecule has 0 unspecified atom stereocenters. The van der Waals surface area contributed by atoms with E-state index in [9.17, 15) is 9.59 Å². The van der Waals surface area contributed by atoms with Crippen LogP contribution in [0.4, 0.5) is 5.69 Å². The Bertz CT molecular complexity index is 1210. The Morgan fingerprint density at radius 1 is 1.12 bits per heavy atom. The van der Waals surface area contributed by atoms with E-state index in [0.717, 1.165) is 18.8 Å². The molecule has 0 atom stereocenters. The molecular formula is C25H28N4O4. The fourth-order valence-electron chi connectivity index (χ4n) is 4.10. The molecule has 0 radical (unpaired) electrons. The Morgan fingerprint density at radius 3 is 2.64 bits per heavy atom. The van der Waals surface area contributed by atoms with Gasteiger partial charge in [0.05, 0.1) is 25.6 Å². The van der Waals surface area contributed by atoms with E-state index in [1.54, 1.807) is 32.2 Å². The number of methoxy groups -OCH3 is 2. The molecule has 0 saturated heterocycles. The predicted molar refractivity (Wildman–Crippen MR) is 126 cm³/mol. The van der Waals surface area contributed by atoms with Crippen LogP contribution >= 0.6 is 0 Å². The van der Waals surface area contributed by atoms with Gasteiger partial charge in [-0.25, -0.2) is 4.98 Å². The Labute approximate surface area is 192 Å². The molecule has 8 heteroatoms. The highest BCUT2D eigenvalue weighted by Gasteiger charge is 2.23. The fourth-order valence-corrected chi connectivity index (χ4v) is 4.10. The van der Waals surface area contributed by atoms with Crippen LogP contribution in [0.25, 0.3) is 0 Å². The van der Waals surface area contributed by atoms with Crippen LogP contribution in [0.1, 0.15) is 22.6 Å². The zero-order valence-corrected chi connectivity index (χ0v) is 19.1. The second-order valence-corrected chi connectivity index (χ2v) is 8.04. The van der Waals surface area contributed by atoms with Crippen LogP contribution in [0.2, 0.25) is 0 Å². The van der Waals surface area contributed by atoms with Gasteiger partial charge in [0.2, 0.25) is 5.91 Å². The number of aromatic nitrogens is 2. The third-order valence-electron chi connectivity index (χ3n) is 5.82. The molecule has 0 spiro atoms. The maximum Gasteiger partial charge on any atom is 0.257 e. The first-order valence-electron chi connectivity index (χ1n) is 10.9. The number of amides is 1. The van der Waals surface area contributed by atoms with Gasteiger partial charge in [0, 0.05) is 31.3 Å². The molecule has 4 rings (SSSR count). The average Bonchev–Trinajstić information content (AvgIpc) is 2.82. The van der Waals surface area contributed by atoms with Crippen LogP contribution in [0, 0.1) is 6.92 Å². The highest BCUT2D eigenvalue weighted by atomic mass is 16.5. The van der Waals surface area contributed by atoms with Crippen LogP contribution in [0.5, 0.6) is 11.5 Å². The molecular weight excluding hydrogens is 420 g/mol. The fraction of sp³-hybridized carbons (Fsp3) is 0.320. The smallest absolute Gasteiger partial charge is 0.257 e. The van der Waals surface area contributed by atoms with Crippen molar-refractivity contribution in [3.8, 4) is 11.5 Å². The molecule has 1 amide bonds. The quantitative estimate of drug-likeness (QED) is 0.598. The van der Waals surface area contributed by atoms with Crippen molar-refractivity contribution in [2.75, 3.05) is 26.1 Å². The number of hydrogen-bond acceptors (Lipinski definition) is 6. The summed E-state index contributed by atoms with van der Waals surface area (Å²) in [6.07, 6.45) is 0.613. The van der Waals surface area contributed by atoms with Gasteiger partial charge in [-0.3, -0.25) is 19.1 Å². The molecule has 2 aromatic carbocycles. The van der Waals surface area contributed by atoms with Gasteiger partial charge in [-0.1, -0.05) is 30.3 Å². The normalized spacial score (nSPS) is 13.3. The molecule has 1 N–H and O–H groups in total. The number of nitrogens with zero attached hydrogens (tertiary/aromatic N) is 3. The van der Waals surface area contributed by atoms with Crippen molar-refractivity contribution < 1.29 is 14.3 Å². The van der Waals surface area contributed by atoms with Gasteiger partial charge in [-0.05, 0) is 31.0 Å². The number of ether oxygens (including phenoxy) is 2. The van der Waals surface area contributed by atoms with Crippen molar-refractivity contribution in [1.82, 2.24) is 14.5 Å². The maximum absolute atomic E-state index is 13.2. The number of carbonyl (C=O) groups is 1. The number of anilines is 1. The molecule has 172 valence electrons. The Kier molecular flexibility index (Phi) is 6.74. The maximum atomic E-state index is 13.2. The summed E-state index contributed by atoms with van der Waals surface area (Å²) in [4.78, 5) is 32.9. The second-order valence-electron chi connectivity index (χ2n) is 8.04. The molecule has 0 saturated carbocycles. The molecule has 3 aromatic rings. The van der Waals surface area contributed by atoms with E-state index >= 15 is 0 Å². The van der Waals surface area contributed by atoms with Crippen LogP contribution in [0.3, 0.4) is 0 Å². The summed E-state index contributed by atoms with van der Waals surface area (Å²) in [7, 11) is 3.08. The third-order valence-corrected chi connectivity index (χ3v) is 5.82. The van der Waals surface area contributed by atoms with Gasteiger partial charge in [0.25, 0.3) is 5.56 Å².